The highest BCUT2D eigenvalue weighted by Gasteiger charge is 2.33. The van der Waals surface area contributed by atoms with Gasteiger partial charge in [0.2, 0.25) is 0 Å². The highest BCUT2D eigenvalue weighted by Crippen LogP contribution is 2.21. The molecule has 1 atom stereocenters. The van der Waals surface area contributed by atoms with Gasteiger partial charge in [-0.1, -0.05) is 11.8 Å². The van der Waals surface area contributed by atoms with Crippen LogP contribution in [0, 0.1) is 11.8 Å². The highest BCUT2D eigenvalue weighted by atomic mass is 32.2. The summed E-state index contributed by atoms with van der Waals surface area (Å²) in [6.45, 7) is 4.66. The molecule has 2 fully saturated rings. The average molecular weight is 354 g/mol. The van der Waals surface area contributed by atoms with Crippen LogP contribution < -0.4 is 0 Å². The van der Waals surface area contributed by atoms with Gasteiger partial charge in [0, 0.05) is 43.6 Å². The largest absolute Gasteiger partial charge is 0.384 e. The number of nitrogens with zero attached hydrogens (tertiary/aromatic N) is 2. The van der Waals surface area contributed by atoms with Crippen LogP contribution in [-0.4, -0.2) is 73.7 Å². The van der Waals surface area contributed by atoms with Crippen molar-refractivity contribution in [2.75, 3.05) is 44.3 Å². The number of aliphatic hydroxyl groups is 1. The molecular weight excluding hydrogens is 332 g/mol. The van der Waals surface area contributed by atoms with E-state index < -0.39 is 9.84 Å². The maximum atomic E-state index is 11.6. The molecule has 2 aliphatic rings. The van der Waals surface area contributed by atoms with Gasteiger partial charge in [-0.2, -0.15) is 0 Å². The second-order valence-electron chi connectivity index (χ2n) is 6.09. The van der Waals surface area contributed by atoms with Crippen LogP contribution in [0.15, 0.2) is 12.1 Å². The predicted octanol–water partition coefficient (Wildman–Crippen LogP) is 0.397. The number of hydrogen-bond donors (Lipinski definition) is 1. The Morgan fingerprint density at radius 3 is 2.70 bits per heavy atom. The fraction of sp³-hybridized carbons (Fsp3) is 0.625. The molecule has 1 N–H and O–H groups in total. The Labute approximate surface area is 141 Å². The number of thiophene rings is 1. The van der Waals surface area contributed by atoms with E-state index in [1.807, 2.05) is 6.07 Å². The Morgan fingerprint density at radius 1 is 1.26 bits per heavy atom. The molecule has 0 amide bonds. The van der Waals surface area contributed by atoms with Crippen LogP contribution in [0.1, 0.15) is 16.2 Å². The van der Waals surface area contributed by atoms with E-state index in [-0.39, 0.29) is 12.6 Å². The lowest BCUT2D eigenvalue weighted by Gasteiger charge is -2.37. The maximum absolute atomic E-state index is 11.6. The van der Waals surface area contributed by atoms with Crippen molar-refractivity contribution in [1.82, 2.24) is 9.80 Å². The third kappa shape index (κ3) is 4.55. The lowest BCUT2D eigenvalue weighted by molar-refractivity contribution is 0.101. The number of sulfone groups is 1. The molecule has 7 heteroatoms. The lowest BCUT2D eigenvalue weighted by Crippen LogP contribution is -2.50. The molecule has 0 saturated carbocycles. The molecule has 2 aliphatic heterocycles. The van der Waals surface area contributed by atoms with Crippen molar-refractivity contribution in [3.8, 4) is 11.8 Å². The first-order valence-electron chi connectivity index (χ1n) is 7.91. The minimum atomic E-state index is -2.80. The second-order valence-corrected chi connectivity index (χ2v) is 9.49. The summed E-state index contributed by atoms with van der Waals surface area (Å²) in [5.74, 6) is 6.30. The van der Waals surface area contributed by atoms with E-state index in [2.05, 4.69) is 27.7 Å². The van der Waals surface area contributed by atoms with Crippen molar-refractivity contribution in [2.24, 2.45) is 0 Å². The van der Waals surface area contributed by atoms with Gasteiger partial charge in [0.15, 0.2) is 9.84 Å². The average Bonchev–Trinajstić information content (AvgIpc) is 3.12. The zero-order valence-corrected chi connectivity index (χ0v) is 14.7. The lowest BCUT2D eigenvalue weighted by atomic mass is 10.2. The molecule has 1 aromatic heterocycles. The molecule has 1 aromatic rings. The number of piperazine rings is 1. The molecule has 0 bridgehead atoms. The quantitative estimate of drug-likeness (QED) is 0.796. The van der Waals surface area contributed by atoms with Gasteiger partial charge in [-0.3, -0.25) is 9.80 Å². The molecule has 126 valence electrons. The summed E-state index contributed by atoms with van der Waals surface area (Å²) in [5.41, 5.74) is 0. The standard InChI is InChI=1S/C16H22N2O3S2/c19-10-1-2-15-3-4-16(22-15)12-17-6-8-18(9-7-17)14-5-11-23(20,21)13-14/h3-4,14,19H,5-13H2/t14-/m0/s1. The van der Waals surface area contributed by atoms with Gasteiger partial charge >= 0.3 is 0 Å². The molecule has 23 heavy (non-hydrogen) atoms. The summed E-state index contributed by atoms with van der Waals surface area (Å²) in [5, 5.41) is 8.72. The molecular formula is C16H22N2O3S2. The predicted molar refractivity (Wildman–Crippen MR) is 92.2 cm³/mol. The van der Waals surface area contributed by atoms with Crippen molar-refractivity contribution in [3.05, 3.63) is 21.9 Å². The normalized spacial score (nSPS) is 25.2. The minimum Gasteiger partial charge on any atom is -0.384 e. The molecule has 0 unspecified atom stereocenters. The Balaban J connectivity index is 1.48. The van der Waals surface area contributed by atoms with E-state index in [9.17, 15) is 8.42 Å². The molecule has 3 heterocycles. The van der Waals surface area contributed by atoms with Crippen LogP contribution in [0.3, 0.4) is 0 Å². The molecule has 0 radical (unpaired) electrons. The van der Waals surface area contributed by atoms with Crippen molar-refractivity contribution in [1.29, 1.82) is 0 Å². The van der Waals surface area contributed by atoms with Crippen molar-refractivity contribution < 1.29 is 13.5 Å². The van der Waals surface area contributed by atoms with Crippen molar-refractivity contribution >= 4 is 21.2 Å². The summed E-state index contributed by atoms with van der Waals surface area (Å²) in [6.07, 6.45) is 0.792. The number of hydrogen-bond acceptors (Lipinski definition) is 6. The van der Waals surface area contributed by atoms with Crippen LogP contribution >= 0.6 is 11.3 Å². The maximum Gasteiger partial charge on any atom is 0.151 e. The van der Waals surface area contributed by atoms with Crippen LogP contribution in [-0.2, 0) is 16.4 Å². The van der Waals surface area contributed by atoms with E-state index in [1.54, 1.807) is 11.3 Å². The van der Waals surface area contributed by atoms with E-state index >= 15 is 0 Å². The first kappa shape index (κ1) is 16.9. The van der Waals surface area contributed by atoms with E-state index in [4.69, 9.17) is 5.11 Å². The number of rotatable bonds is 3. The fourth-order valence-electron chi connectivity index (χ4n) is 3.23. The topological polar surface area (TPSA) is 60.9 Å². The summed E-state index contributed by atoms with van der Waals surface area (Å²) >= 11 is 1.67. The number of aliphatic hydroxyl groups excluding tert-OH is 1. The minimum absolute atomic E-state index is 0.105. The zero-order valence-electron chi connectivity index (χ0n) is 13.1. The molecule has 2 saturated heterocycles. The van der Waals surface area contributed by atoms with Gasteiger partial charge < -0.3 is 5.11 Å². The van der Waals surface area contributed by atoms with Crippen molar-refractivity contribution in [2.45, 2.75) is 19.0 Å². The highest BCUT2D eigenvalue weighted by molar-refractivity contribution is 7.91. The van der Waals surface area contributed by atoms with Crippen LogP contribution in [0.25, 0.3) is 0 Å². The third-order valence-electron chi connectivity index (χ3n) is 4.46. The van der Waals surface area contributed by atoms with Crippen LogP contribution in [0.2, 0.25) is 0 Å². The van der Waals surface area contributed by atoms with Gasteiger partial charge in [0.1, 0.15) is 6.61 Å². The van der Waals surface area contributed by atoms with Gasteiger partial charge in [-0.25, -0.2) is 8.42 Å². The first-order valence-corrected chi connectivity index (χ1v) is 10.5. The van der Waals surface area contributed by atoms with E-state index in [0.29, 0.717) is 11.5 Å². The molecule has 3 rings (SSSR count). The van der Waals surface area contributed by atoms with Gasteiger partial charge in [0.05, 0.1) is 16.4 Å². The summed E-state index contributed by atoms with van der Waals surface area (Å²) in [4.78, 5) is 7.02. The Kier molecular flexibility index (Phi) is 5.39. The van der Waals surface area contributed by atoms with E-state index in [0.717, 1.165) is 44.0 Å². The third-order valence-corrected chi connectivity index (χ3v) is 7.20. The summed E-state index contributed by atoms with van der Waals surface area (Å²) in [7, 11) is -2.80. The zero-order chi connectivity index (χ0) is 16.3. The second kappa shape index (κ2) is 7.32. The smallest absolute Gasteiger partial charge is 0.151 e. The Hall–Kier alpha value is -0.910. The van der Waals surface area contributed by atoms with Gasteiger partial charge in [0.25, 0.3) is 0 Å². The van der Waals surface area contributed by atoms with E-state index in [1.165, 1.54) is 4.88 Å². The van der Waals surface area contributed by atoms with Crippen LogP contribution in [0.4, 0.5) is 0 Å². The Morgan fingerprint density at radius 2 is 2.04 bits per heavy atom. The molecule has 0 spiro atoms. The van der Waals surface area contributed by atoms with Crippen LogP contribution in [0.5, 0.6) is 0 Å². The Bertz CT molecular complexity index is 694. The molecule has 0 aromatic carbocycles. The molecule has 0 aliphatic carbocycles. The van der Waals surface area contributed by atoms with Gasteiger partial charge in [-0.15, -0.1) is 11.3 Å². The summed E-state index contributed by atoms with van der Waals surface area (Å²) < 4.78 is 23.2. The monoisotopic (exact) mass is 354 g/mol. The summed E-state index contributed by atoms with van der Waals surface area (Å²) in [6, 6.07) is 4.33. The van der Waals surface area contributed by atoms with Gasteiger partial charge in [-0.05, 0) is 18.6 Å². The fourth-order valence-corrected chi connectivity index (χ4v) is 5.91. The van der Waals surface area contributed by atoms with Crippen molar-refractivity contribution in [3.63, 3.8) is 0 Å². The SMILES string of the molecule is O=S1(=O)CC[C@H](N2CCN(Cc3ccc(C#CCO)s3)CC2)C1. The molecule has 5 nitrogen and oxygen atoms in total. The first-order chi connectivity index (χ1) is 11.1.